The molecule has 114 valence electrons. The first-order valence-corrected chi connectivity index (χ1v) is 7.28. The maximum absolute atomic E-state index is 9.71. The fraction of sp³-hybridized carbons (Fsp3) is 1.00. The summed E-state index contributed by atoms with van der Waals surface area (Å²) in [6.45, 7) is -0.0397. The van der Waals surface area contributed by atoms with Gasteiger partial charge in [0.2, 0.25) is 0 Å². The van der Waals surface area contributed by atoms with Crippen LogP contribution < -0.4 is 0 Å². The van der Waals surface area contributed by atoms with Crippen LogP contribution in [0.1, 0.15) is 25.7 Å². The molecule has 0 aromatic heterocycles. The third-order valence-corrected chi connectivity index (χ3v) is 3.50. The summed E-state index contributed by atoms with van der Waals surface area (Å²) in [4.78, 5) is 0. The van der Waals surface area contributed by atoms with Crippen molar-refractivity contribution in [2.45, 2.75) is 56.4 Å². The van der Waals surface area contributed by atoms with Crippen molar-refractivity contribution in [1.29, 1.82) is 0 Å². The highest BCUT2D eigenvalue weighted by Gasteiger charge is 2.43. The number of ether oxygens (including phenoxy) is 2. The van der Waals surface area contributed by atoms with Crippen LogP contribution in [0.2, 0.25) is 0 Å². The molecule has 1 aliphatic rings. The molecule has 0 bridgehead atoms. The Balaban J connectivity index is 2.28. The van der Waals surface area contributed by atoms with E-state index >= 15 is 0 Å². The van der Waals surface area contributed by atoms with Gasteiger partial charge < -0.3 is 29.9 Å². The molecule has 0 aromatic rings. The van der Waals surface area contributed by atoms with E-state index in [1.807, 2.05) is 0 Å². The van der Waals surface area contributed by atoms with Crippen LogP contribution in [0.4, 0.5) is 0 Å². The van der Waals surface area contributed by atoms with Gasteiger partial charge in [-0.3, -0.25) is 0 Å². The predicted octanol–water partition coefficient (Wildman–Crippen LogP) is -0.707. The number of aliphatic hydroxyl groups excluding tert-OH is 4. The molecule has 5 atom stereocenters. The molecule has 0 radical (unpaired) electrons. The molecule has 0 spiro atoms. The van der Waals surface area contributed by atoms with Crippen LogP contribution in [0.3, 0.4) is 0 Å². The lowest BCUT2D eigenvalue weighted by atomic mass is 9.99. The Morgan fingerprint density at radius 3 is 2.26 bits per heavy atom. The van der Waals surface area contributed by atoms with E-state index in [4.69, 9.17) is 14.6 Å². The minimum atomic E-state index is -1.37. The van der Waals surface area contributed by atoms with Crippen LogP contribution in [0.5, 0.6) is 0 Å². The molecule has 4 N–H and O–H groups in total. The fourth-order valence-electron chi connectivity index (χ4n) is 1.97. The second kappa shape index (κ2) is 9.12. The number of hydrogen-bond acceptors (Lipinski definition) is 7. The molecule has 2 unspecified atom stereocenters. The fourth-order valence-corrected chi connectivity index (χ4v) is 2.20. The van der Waals surface area contributed by atoms with Crippen LogP contribution in [0.15, 0.2) is 0 Å². The van der Waals surface area contributed by atoms with Crippen LogP contribution in [-0.2, 0) is 9.47 Å². The van der Waals surface area contributed by atoms with Crippen molar-refractivity contribution in [3.63, 3.8) is 0 Å². The summed E-state index contributed by atoms with van der Waals surface area (Å²) in [5.41, 5.74) is 0. The van der Waals surface area contributed by atoms with Crippen molar-refractivity contribution in [1.82, 2.24) is 0 Å². The van der Waals surface area contributed by atoms with Gasteiger partial charge in [-0.15, -0.1) is 0 Å². The Kier molecular flexibility index (Phi) is 8.24. The minimum Gasteiger partial charge on any atom is -0.394 e. The van der Waals surface area contributed by atoms with Crippen molar-refractivity contribution >= 4 is 12.6 Å². The molecule has 6 nitrogen and oxygen atoms in total. The van der Waals surface area contributed by atoms with Crippen molar-refractivity contribution in [2.24, 2.45) is 0 Å². The van der Waals surface area contributed by atoms with Gasteiger partial charge in [0, 0.05) is 6.61 Å². The van der Waals surface area contributed by atoms with Gasteiger partial charge in [-0.1, -0.05) is 12.8 Å². The van der Waals surface area contributed by atoms with Gasteiger partial charge >= 0.3 is 0 Å². The van der Waals surface area contributed by atoms with Crippen molar-refractivity contribution in [3.05, 3.63) is 0 Å². The largest absolute Gasteiger partial charge is 0.394 e. The highest BCUT2D eigenvalue weighted by Crippen LogP contribution is 2.22. The van der Waals surface area contributed by atoms with E-state index in [2.05, 4.69) is 12.6 Å². The molecule has 0 amide bonds. The highest BCUT2D eigenvalue weighted by molar-refractivity contribution is 7.80. The predicted molar refractivity (Wildman–Crippen MR) is 72.0 cm³/mol. The molecule has 1 heterocycles. The van der Waals surface area contributed by atoms with E-state index in [1.165, 1.54) is 0 Å². The van der Waals surface area contributed by atoms with Gasteiger partial charge in [0.1, 0.15) is 24.4 Å². The molecule has 0 aromatic carbocycles. The summed E-state index contributed by atoms with van der Waals surface area (Å²) < 4.78 is 10.6. The third-order valence-electron chi connectivity index (χ3n) is 3.18. The molecular formula is C12H24O6S. The van der Waals surface area contributed by atoms with Gasteiger partial charge in [-0.25, -0.2) is 0 Å². The molecule has 1 fully saturated rings. The first-order valence-electron chi connectivity index (χ1n) is 6.64. The van der Waals surface area contributed by atoms with Crippen molar-refractivity contribution in [3.8, 4) is 0 Å². The van der Waals surface area contributed by atoms with Gasteiger partial charge in [0.25, 0.3) is 0 Å². The Morgan fingerprint density at radius 2 is 1.63 bits per heavy atom. The van der Waals surface area contributed by atoms with E-state index in [9.17, 15) is 15.3 Å². The Hall–Kier alpha value is 0.110. The summed E-state index contributed by atoms with van der Waals surface area (Å²) >= 11 is 4.12. The van der Waals surface area contributed by atoms with Crippen molar-refractivity contribution in [2.75, 3.05) is 19.0 Å². The standard InChI is InChI=1S/C12H24O6S/c13-7-8-9(14)10(15)11(16)12(18-8)17-5-3-1-2-4-6-19/h8-16,19H,1-7H2/t8?,9-,10?,11-,12+/m0/s1. The van der Waals surface area contributed by atoms with Crippen LogP contribution >= 0.6 is 12.6 Å². The maximum Gasteiger partial charge on any atom is 0.186 e. The summed E-state index contributed by atoms with van der Waals surface area (Å²) in [6.07, 6.45) is -2.00. The molecule has 1 aliphatic heterocycles. The Bertz CT molecular complexity index is 240. The van der Waals surface area contributed by atoms with E-state index in [-0.39, 0.29) is 0 Å². The highest BCUT2D eigenvalue weighted by atomic mass is 32.1. The van der Waals surface area contributed by atoms with Gasteiger partial charge in [-0.2, -0.15) is 12.6 Å². The van der Waals surface area contributed by atoms with E-state index < -0.39 is 37.3 Å². The van der Waals surface area contributed by atoms with E-state index in [0.29, 0.717) is 6.61 Å². The van der Waals surface area contributed by atoms with E-state index in [1.54, 1.807) is 0 Å². The molecular weight excluding hydrogens is 272 g/mol. The number of aliphatic hydroxyl groups is 4. The van der Waals surface area contributed by atoms with Crippen LogP contribution in [0.25, 0.3) is 0 Å². The average Bonchev–Trinajstić information content (AvgIpc) is 2.42. The zero-order valence-corrected chi connectivity index (χ0v) is 11.8. The van der Waals surface area contributed by atoms with Crippen LogP contribution in [0, 0.1) is 0 Å². The Morgan fingerprint density at radius 1 is 0.947 bits per heavy atom. The summed E-state index contributed by atoms with van der Waals surface area (Å²) in [5, 5.41) is 37.9. The number of unbranched alkanes of at least 4 members (excludes halogenated alkanes) is 3. The van der Waals surface area contributed by atoms with Crippen LogP contribution in [-0.4, -0.2) is 70.1 Å². The monoisotopic (exact) mass is 296 g/mol. The van der Waals surface area contributed by atoms with Gasteiger partial charge in [0.05, 0.1) is 6.61 Å². The normalized spacial score (nSPS) is 35.5. The zero-order chi connectivity index (χ0) is 14.3. The smallest absolute Gasteiger partial charge is 0.186 e. The van der Waals surface area contributed by atoms with E-state index in [0.717, 1.165) is 31.4 Å². The minimum absolute atomic E-state index is 0.398. The molecule has 0 saturated carbocycles. The second-order valence-electron chi connectivity index (χ2n) is 4.71. The topological polar surface area (TPSA) is 99.4 Å². The summed E-state index contributed by atoms with van der Waals surface area (Å²) in [7, 11) is 0. The number of thiol groups is 1. The first-order chi connectivity index (χ1) is 9.11. The molecule has 19 heavy (non-hydrogen) atoms. The Labute approximate surface area is 118 Å². The molecule has 7 heteroatoms. The zero-order valence-electron chi connectivity index (χ0n) is 10.9. The molecule has 0 aliphatic carbocycles. The molecule has 1 rings (SSSR count). The van der Waals surface area contributed by atoms with Gasteiger partial charge in [-0.05, 0) is 18.6 Å². The lowest BCUT2D eigenvalue weighted by Gasteiger charge is -2.39. The number of rotatable bonds is 8. The lowest BCUT2D eigenvalue weighted by Crippen LogP contribution is -2.59. The second-order valence-corrected chi connectivity index (χ2v) is 5.15. The summed E-state index contributed by atoms with van der Waals surface area (Å²) in [6, 6.07) is 0. The summed E-state index contributed by atoms with van der Waals surface area (Å²) in [5.74, 6) is 0.869. The molecule has 1 saturated heterocycles. The van der Waals surface area contributed by atoms with Crippen molar-refractivity contribution < 1.29 is 29.9 Å². The maximum atomic E-state index is 9.71. The first kappa shape index (κ1) is 17.2. The number of hydrogen-bond donors (Lipinski definition) is 5. The quantitative estimate of drug-likeness (QED) is 0.300. The SMILES string of the molecule is OCC1O[C@@H](OCCCCCCS)[C@@H](O)C(O)[C@H]1O. The lowest BCUT2D eigenvalue weighted by molar-refractivity contribution is -0.301. The van der Waals surface area contributed by atoms with Gasteiger partial charge in [0.15, 0.2) is 6.29 Å². The third kappa shape index (κ3) is 5.18. The average molecular weight is 296 g/mol.